The molecule has 0 amide bonds. The van der Waals surface area contributed by atoms with Gasteiger partial charge in [0.15, 0.2) is 0 Å². The lowest BCUT2D eigenvalue weighted by Crippen LogP contribution is -2.14. The van der Waals surface area contributed by atoms with Gasteiger partial charge in [-0.2, -0.15) is 0 Å². The number of ketones is 2. The first-order chi connectivity index (χ1) is 9.11. The van der Waals surface area contributed by atoms with Crippen LogP contribution in [0.15, 0.2) is 53.0 Å². The zero-order chi connectivity index (χ0) is 13.8. The van der Waals surface area contributed by atoms with E-state index in [1.165, 1.54) is 0 Å². The molecule has 0 aliphatic rings. The number of rotatable bonds is 4. The Morgan fingerprint density at radius 2 is 1.26 bits per heavy atom. The number of hydrogen-bond acceptors (Lipinski definition) is 3. The number of methoxy groups -OCH3 is 1. The summed E-state index contributed by atoms with van der Waals surface area (Å²) >= 11 is 3.28. The number of halogens is 1. The van der Waals surface area contributed by atoms with E-state index in [4.69, 9.17) is 4.74 Å². The predicted molar refractivity (Wildman–Crippen MR) is 75.8 cm³/mol. The molecule has 0 unspecified atom stereocenters. The maximum atomic E-state index is 12.0. The standard InChI is InChI=1S/C15H11BrO3/c1-19-13-8-4-11(5-9-13)15(18)14(17)10-2-6-12(16)7-3-10/h2-9H,1H3. The molecule has 0 fully saturated rings. The molecule has 0 spiro atoms. The van der Waals surface area contributed by atoms with Gasteiger partial charge in [-0.15, -0.1) is 0 Å². The lowest BCUT2D eigenvalue weighted by molar-refractivity contribution is 0.0817. The molecule has 0 aromatic heterocycles. The third-order valence-electron chi connectivity index (χ3n) is 2.66. The average molecular weight is 319 g/mol. The van der Waals surface area contributed by atoms with Crippen molar-refractivity contribution in [1.82, 2.24) is 0 Å². The van der Waals surface area contributed by atoms with Gasteiger partial charge in [-0.1, -0.05) is 15.9 Å². The van der Waals surface area contributed by atoms with Gasteiger partial charge < -0.3 is 4.74 Å². The number of ether oxygens (including phenoxy) is 1. The van der Waals surface area contributed by atoms with Crippen LogP contribution in [0.25, 0.3) is 0 Å². The summed E-state index contributed by atoms with van der Waals surface area (Å²) in [6, 6.07) is 13.2. The van der Waals surface area contributed by atoms with Crippen molar-refractivity contribution in [3.8, 4) is 5.75 Å². The maximum absolute atomic E-state index is 12.0. The molecule has 0 atom stereocenters. The smallest absolute Gasteiger partial charge is 0.233 e. The lowest BCUT2D eigenvalue weighted by Gasteiger charge is -2.03. The van der Waals surface area contributed by atoms with E-state index in [-0.39, 0.29) is 0 Å². The highest BCUT2D eigenvalue weighted by Gasteiger charge is 2.18. The summed E-state index contributed by atoms with van der Waals surface area (Å²) in [5, 5.41) is 0. The fourth-order valence-corrected chi connectivity index (χ4v) is 1.87. The van der Waals surface area contributed by atoms with E-state index in [0.717, 1.165) is 4.47 Å². The second-order valence-corrected chi connectivity index (χ2v) is 4.81. The first-order valence-corrected chi connectivity index (χ1v) is 6.40. The van der Waals surface area contributed by atoms with Gasteiger partial charge in [0.1, 0.15) is 5.75 Å². The molecule has 0 aliphatic carbocycles. The summed E-state index contributed by atoms with van der Waals surface area (Å²) in [6.45, 7) is 0. The van der Waals surface area contributed by atoms with E-state index < -0.39 is 11.6 Å². The zero-order valence-electron chi connectivity index (χ0n) is 10.2. The zero-order valence-corrected chi connectivity index (χ0v) is 11.8. The Kier molecular flexibility index (Phi) is 4.12. The van der Waals surface area contributed by atoms with Crippen molar-refractivity contribution in [3.05, 3.63) is 64.1 Å². The van der Waals surface area contributed by atoms with Crippen LogP contribution in [0.5, 0.6) is 5.75 Å². The Hall–Kier alpha value is -1.94. The van der Waals surface area contributed by atoms with Crippen molar-refractivity contribution < 1.29 is 14.3 Å². The number of carbonyl (C=O) groups excluding carboxylic acids is 2. The Morgan fingerprint density at radius 1 is 0.842 bits per heavy atom. The molecular formula is C15H11BrO3. The summed E-state index contributed by atoms with van der Waals surface area (Å²) in [7, 11) is 1.55. The molecule has 2 rings (SSSR count). The van der Waals surface area contributed by atoms with Gasteiger partial charge in [-0.05, 0) is 48.5 Å². The summed E-state index contributed by atoms with van der Waals surface area (Å²) in [5.74, 6) is -0.393. The highest BCUT2D eigenvalue weighted by atomic mass is 79.9. The van der Waals surface area contributed by atoms with E-state index in [0.29, 0.717) is 16.9 Å². The van der Waals surface area contributed by atoms with Crippen LogP contribution in [-0.4, -0.2) is 18.7 Å². The van der Waals surface area contributed by atoms with Crippen molar-refractivity contribution in [2.24, 2.45) is 0 Å². The molecule has 19 heavy (non-hydrogen) atoms. The van der Waals surface area contributed by atoms with Gasteiger partial charge in [0.2, 0.25) is 11.6 Å². The molecule has 0 saturated carbocycles. The van der Waals surface area contributed by atoms with Crippen molar-refractivity contribution in [3.63, 3.8) is 0 Å². The number of carbonyl (C=O) groups is 2. The normalized spacial score (nSPS) is 10.0. The number of benzene rings is 2. The number of Topliss-reactive ketones (excluding diaryl/α,β-unsaturated/α-hetero) is 2. The van der Waals surface area contributed by atoms with E-state index in [1.807, 2.05) is 0 Å². The summed E-state index contributed by atoms with van der Waals surface area (Å²) in [6.07, 6.45) is 0. The monoisotopic (exact) mass is 318 g/mol. The Morgan fingerprint density at radius 3 is 1.68 bits per heavy atom. The van der Waals surface area contributed by atoms with E-state index in [2.05, 4.69) is 15.9 Å². The van der Waals surface area contributed by atoms with Gasteiger partial charge in [-0.3, -0.25) is 9.59 Å². The summed E-state index contributed by atoms with van der Waals surface area (Å²) < 4.78 is 5.87. The van der Waals surface area contributed by atoms with Gasteiger partial charge in [-0.25, -0.2) is 0 Å². The predicted octanol–water partition coefficient (Wildman–Crippen LogP) is 3.52. The molecule has 2 aromatic carbocycles. The largest absolute Gasteiger partial charge is 0.497 e. The van der Waals surface area contributed by atoms with Crippen LogP contribution in [0.3, 0.4) is 0 Å². The van der Waals surface area contributed by atoms with Crippen molar-refractivity contribution in [2.75, 3.05) is 7.11 Å². The van der Waals surface area contributed by atoms with E-state index >= 15 is 0 Å². The molecule has 0 bridgehead atoms. The highest BCUT2D eigenvalue weighted by molar-refractivity contribution is 9.10. The SMILES string of the molecule is COc1ccc(C(=O)C(=O)c2ccc(Br)cc2)cc1. The second-order valence-electron chi connectivity index (χ2n) is 3.89. The average Bonchev–Trinajstić information content (AvgIpc) is 2.46. The molecule has 0 heterocycles. The topological polar surface area (TPSA) is 43.4 Å². The van der Waals surface area contributed by atoms with Crippen LogP contribution in [0.2, 0.25) is 0 Å². The van der Waals surface area contributed by atoms with E-state index in [9.17, 15) is 9.59 Å². The third-order valence-corrected chi connectivity index (χ3v) is 3.19. The first kappa shape index (κ1) is 13.5. The minimum absolute atomic E-state index is 0.355. The van der Waals surface area contributed by atoms with Crippen LogP contribution in [-0.2, 0) is 0 Å². The lowest BCUT2D eigenvalue weighted by atomic mass is 10.0. The van der Waals surface area contributed by atoms with Crippen molar-refractivity contribution >= 4 is 27.5 Å². The Bertz CT molecular complexity index is 600. The fraction of sp³-hybridized carbons (Fsp3) is 0.0667. The molecule has 2 aromatic rings. The van der Waals surface area contributed by atoms with Crippen LogP contribution in [0, 0.1) is 0 Å². The Labute approximate surface area is 119 Å². The fourth-order valence-electron chi connectivity index (χ4n) is 1.61. The van der Waals surface area contributed by atoms with Crippen LogP contribution in [0.1, 0.15) is 20.7 Å². The number of hydrogen-bond donors (Lipinski definition) is 0. The quantitative estimate of drug-likeness (QED) is 0.640. The molecule has 3 nitrogen and oxygen atoms in total. The molecule has 96 valence electrons. The molecular weight excluding hydrogens is 308 g/mol. The van der Waals surface area contributed by atoms with Crippen LogP contribution in [0.4, 0.5) is 0 Å². The molecule has 0 aliphatic heterocycles. The highest BCUT2D eigenvalue weighted by Crippen LogP contribution is 2.15. The summed E-state index contributed by atoms with van der Waals surface area (Å²) in [4.78, 5) is 24.0. The molecule has 4 heteroatoms. The minimum Gasteiger partial charge on any atom is -0.497 e. The van der Waals surface area contributed by atoms with Gasteiger partial charge in [0.05, 0.1) is 7.11 Å². The Balaban J connectivity index is 2.23. The van der Waals surface area contributed by atoms with Crippen LogP contribution < -0.4 is 4.74 Å². The van der Waals surface area contributed by atoms with Gasteiger partial charge in [0.25, 0.3) is 0 Å². The van der Waals surface area contributed by atoms with Crippen molar-refractivity contribution in [2.45, 2.75) is 0 Å². The van der Waals surface area contributed by atoms with Gasteiger partial charge in [0, 0.05) is 15.6 Å². The molecule has 0 radical (unpaired) electrons. The maximum Gasteiger partial charge on any atom is 0.233 e. The molecule has 0 saturated heterocycles. The van der Waals surface area contributed by atoms with Crippen molar-refractivity contribution in [1.29, 1.82) is 0 Å². The first-order valence-electron chi connectivity index (χ1n) is 5.60. The summed E-state index contributed by atoms with van der Waals surface area (Å²) in [5.41, 5.74) is 0.734. The van der Waals surface area contributed by atoms with E-state index in [1.54, 1.807) is 55.6 Å². The third kappa shape index (κ3) is 3.09. The molecule has 0 N–H and O–H groups in total. The van der Waals surface area contributed by atoms with Crippen LogP contribution >= 0.6 is 15.9 Å². The second kappa shape index (κ2) is 5.80. The minimum atomic E-state index is -0.523. The van der Waals surface area contributed by atoms with Gasteiger partial charge >= 0.3 is 0 Å².